The van der Waals surface area contributed by atoms with Crippen LogP contribution < -0.4 is 10.6 Å². The highest BCUT2D eigenvalue weighted by Crippen LogP contribution is 2.36. The van der Waals surface area contributed by atoms with Crippen molar-refractivity contribution in [2.75, 3.05) is 27.3 Å². The molecule has 15 nitrogen and oxygen atoms in total. The Morgan fingerprint density at radius 1 is 0.750 bits per heavy atom. The van der Waals surface area contributed by atoms with Gasteiger partial charge in [-0.05, 0) is 68.5 Å². The average Bonchev–Trinajstić information content (AvgIpc) is 4.12. The van der Waals surface area contributed by atoms with E-state index in [-0.39, 0.29) is 17.9 Å². The number of likely N-dealkylation sites (tertiary alicyclic amines) is 2. The highest BCUT2D eigenvalue weighted by atomic mass is 19.1. The van der Waals surface area contributed by atoms with Crippen molar-refractivity contribution in [1.29, 1.82) is 0 Å². The van der Waals surface area contributed by atoms with Gasteiger partial charge in [0.2, 0.25) is 5.91 Å². The van der Waals surface area contributed by atoms with Crippen molar-refractivity contribution in [2.45, 2.75) is 56.8 Å². The number of ether oxygens (including phenoxy) is 2. The molecule has 4 unspecified atom stereocenters. The largest absolute Gasteiger partial charge is 0.453 e. The van der Waals surface area contributed by atoms with Crippen LogP contribution in [0, 0.1) is 5.82 Å². The van der Waals surface area contributed by atoms with Gasteiger partial charge in [-0.3, -0.25) is 9.59 Å². The zero-order valence-electron chi connectivity index (χ0n) is 33.3. The van der Waals surface area contributed by atoms with E-state index in [1.54, 1.807) is 59.4 Å². The number of benzene rings is 3. The zero-order chi connectivity index (χ0) is 41.9. The summed E-state index contributed by atoms with van der Waals surface area (Å²) in [5, 5.41) is 6.09. The number of methoxy groups -OCH3 is 2. The molecule has 2 aliphatic heterocycles. The summed E-state index contributed by atoms with van der Waals surface area (Å²) in [6.07, 6.45) is 4.89. The molecule has 8 rings (SSSR count). The van der Waals surface area contributed by atoms with Crippen molar-refractivity contribution < 1.29 is 33.0 Å². The number of nitrogens with zero attached hydrogens (tertiary/aromatic N) is 5. The summed E-state index contributed by atoms with van der Waals surface area (Å²) in [6.45, 7) is 2.67. The number of nitrogens with one attached hydrogen (secondary N) is 4. The third kappa shape index (κ3) is 8.00. The Hall–Kier alpha value is -7.10. The van der Waals surface area contributed by atoms with Crippen molar-refractivity contribution in [3.05, 3.63) is 114 Å². The maximum atomic E-state index is 15.9. The Bertz CT molecular complexity index is 2560. The average molecular weight is 814 g/mol. The molecule has 0 bridgehead atoms. The number of aromatic nitrogens is 5. The molecule has 3 aromatic carbocycles. The predicted molar refractivity (Wildman–Crippen MR) is 219 cm³/mol. The summed E-state index contributed by atoms with van der Waals surface area (Å²) < 4.78 is 25.3. The van der Waals surface area contributed by atoms with Gasteiger partial charge in [-0.25, -0.2) is 28.9 Å². The van der Waals surface area contributed by atoms with Gasteiger partial charge >= 0.3 is 12.2 Å². The Morgan fingerprint density at radius 2 is 1.38 bits per heavy atom. The van der Waals surface area contributed by atoms with Gasteiger partial charge in [-0.1, -0.05) is 48.5 Å². The summed E-state index contributed by atoms with van der Waals surface area (Å²) in [6, 6.07) is 21.2. The number of H-pyrrole nitrogens is 2. The van der Waals surface area contributed by atoms with Crippen molar-refractivity contribution >= 4 is 34.9 Å². The molecule has 16 heteroatoms. The van der Waals surface area contributed by atoms with Crippen molar-refractivity contribution in [3.63, 3.8) is 0 Å². The first-order chi connectivity index (χ1) is 29.1. The summed E-state index contributed by atoms with van der Waals surface area (Å²) in [5.41, 5.74) is 5.03. The lowest BCUT2D eigenvalue weighted by atomic mass is 10.0. The highest BCUT2D eigenvalue weighted by Gasteiger charge is 2.38. The van der Waals surface area contributed by atoms with Crippen LogP contribution in [0.3, 0.4) is 0 Å². The first-order valence-electron chi connectivity index (χ1n) is 19.8. The number of alkyl carbamates (subject to hydrolysis) is 2. The zero-order valence-corrected chi connectivity index (χ0v) is 33.3. The number of rotatable bonds is 10. The van der Waals surface area contributed by atoms with Gasteiger partial charge < -0.3 is 39.9 Å². The minimum Gasteiger partial charge on any atom is -0.453 e. The maximum absolute atomic E-state index is 15.9. The lowest BCUT2D eigenvalue weighted by Gasteiger charge is -2.28. The normalized spacial score (nSPS) is 17.3. The van der Waals surface area contributed by atoms with Crippen LogP contribution in [0.1, 0.15) is 67.9 Å². The summed E-state index contributed by atoms with van der Waals surface area (Å²) in [7, 11) is 2.51. The second kappa shape index (κ2) is 17.0. The van der Waals surface area contributed by atoms with Crippen LogP contribution in [-0.2, 0) is 19.1 Å². The molecule has 4 atom stereocenters. The minimum atomic E-state index is -0.948. The van der Waals surface area contributed by atoms with Crippen molar-refractivity contribution in [3.8, 4) is 33.8 Å². The fourth-order valence-electron chi connectivity index (χ4n) is 8.09. The number of halogens is 1. The van der Waals surface area contributed by atoms with Gasteiger partial charge in [-0.15, -0.1) is 0 Å². The number of imidazole rings is 2. The van der Waals surface area contributed by atoms with E-state index in [0.717, 1.165) is 41.4 Å². The van der Waals surface area contributed by atoms with E-state index in [4.69, 9.17) is 9.72 Å². The second-order valence-corrected chi connectivity index (χ2v) is 14.9. The monoisotopic (exact) mass is 813 g/mol. The Labute approximate surface area is 344 Å². The van der Waals surface area contributed by atoms with Gasteiger partial charge in [0, 0.05) is 35.2 Å². The molecule has 4 N–H and O–H groups in total. The van der Waals surface area contributed by atoms with Crippen LogP contribution in [0.15, 0.2) is 91.3 Å². The quantitative estimate of drug-likeness (QED) is 0.113. The Balaban J connectivity index is 0.959. The van der Waals surface area contributed by atoms with E-state index >= 15 is 4.39 Å². The van der Waals surface area contributed by atoms with E-state index in [0.29, 0.717) is 59.2 Å². The number of amides is 4. The first-order valence-corrected chi connectivity index (χ1v) is 19.8. The van der Waals surface area contributed by atoms with Gasteiger partial charge in [0.25, 0.3) is 5.91 Å². The molecule has 60 heavy (non-hydrogen) atoms. The molecule has 2 fully saturated rings. The van der Waals surface area contributed by atoms with Gasteiger partial charge in [0.15, 0.2) is 0 Å². The Kier molecular flexibility index (Phi) is 11.3. The van der Waals surface area contributed by atoms with E-state index in [1.165, 1.54) is 20.3 Å². The molecule has 0 saturated carbocycles. The number of pyridine rings is 1. The van der Waals surface area contributed by atoms with Crippen LogP contribution in [0.2, 0.25) is 0 Å². The molecule has 0 aliphatic carbocycles. The fourth-order valence-corrected chi connectivity index (χ4v) is 8.09. The topological polar surface area (TPSA) is 188 Å². The molecular weight excluding hydrogens is 770 g/mol. The SMILES string of the molecule is COC(=O)NC(C)C(=O)N1CCCC1c1ncc(-c2ccc3nc(-c4ccc(-c5cnc(C6CCCN6C(=O)C(NC(=O)OC)c6ccccc6)[nH]5)c(F)c4)ccc3c2)[nH]1. The molecule has 4 amide bonds. The molecular formula is C44H44FN9O6. The van der Waals surface area contributed by atoms with Crippen LogP contribution in [-0.4, -0.2) is 92.1 Å². The summed E-state index contributed by atoms with van der Waals surface area (Å²) >= 11 is 0. The first kappa shape index (κ1) is 39.7. The van der Waals surface area contributed by atoms with E-state index in [9.17, 15) is 19.2 Å². The second-order valence-electron chi connectivity index (χ2n) is 14.9. The van der Waals surface area contributed by atoms with Gasteiger partial charge in [0.05, 0.1) is 61.3 Å². The van der Waals surface area contributed by atoms with E-state index < -0.39 is 36.1 Å². The molecule has 0 radical (unpaired) electrons. The minimum absolute atomic E-state index is 0.204. The number of carbonyl (C=O) groups excluding carboxylic acids is 4. The molecule has 0 spiro atoms. The van der Waals surface area contributed by atoms with Crippen LogP contribution in [0.25, 0.3) is 44.7 Å². The number of carbonyl (C=O) groups is 4. The Morgan fingerprint density at radius 3 is 2.07 bits per heavy atom. The molecule has 3 aromatic heterocycles. The molecule has 2 aliphatic rings. The standard InChI is InChI=1S/C44H44FN9O6/c1-25(48-43(57)59-2)41(55)53-19-7-11-36(53)39-46-23-34(50-39)28-15-18-32-27(21-28)14-17-33(49-32)29-13-16-30(31(45)22-29)35-24-47-40(51-35)37-12-8-20-54(37)42(56)38(52-44(58)60-3)26-9-5-4-6-10-26/h4-6,9-10,13-18,21-25,36-38H,7-8,11-12,19-20H2,1-3H3,(H,46,50)(H,47,51)(H,48,57)(H,52,58). The molecule has 5 heterocycles. The third-order valence-corrected chi connectivity index (χ3v) is 11.2. The van der Waals surface area contributed by atoms with Crippen molar-refractivity contribution in [1.82, 2.24) is 45.4 Å². The van der Waals surface area contributed by atoms with Crippen LogP contribution in [0.4, 0.5) is 14.0 Å². The van der Waals surface area contributed by atoms with Crippen molar-refractivity contribution in [2.24, 2.45) is 0 Å². The van der Waals surface area contributed by atoms with Gasteiger partial charge in [-0.2, -0.15) is 0 Å². The number of hydrogen-bond donors (Lipinski definition) is 4. The van der Waals surface area contributed by atoms with E-state index in [2.05, 4.69) is 35.3 Å². The molecule has 308 valence electrons. The molecule has 6 aromatic rings. The maximum Gasteiger partial charge on any atom is 0.407 e. The van der Waals surface area contributed by atoms with Crippen LogP contribution >= 0.6 is 0 Å². The highest BCUT2D eigenvalue weighted by molar-refractivity contribution is 5.88. The smallest absolute Gasteiger partial charge is 0.407 e. The van der Waals surface area contributed by atoms with E-state index in [1.807, 2.05) is 42.5 Å². The lowest BCUT2D eigenvalue weighted by molar-refractivity contribution is -0.135. The number of hydrogen-bond acceptors (Lipinski definition) is 9. The molecule has 2 saturated heterocycles. The van der Waals surface area contributed by atoms with Crippen LogP contribution in [0.5, 0.6) is 0 Å². The number of fused-ring (bicyclic) bond motifs is 1. The lowest BCUT2D eigenvalue weighted by Crippen LogP contribution is -2.46. The summed E-state index contributed by atoms with van der Waals surface area (Å²) in [4.78, 5) is 75.0. The number of aromatic amines is 2. The predicted octanol–water partition coefficient (Wildman–Crippen LogP) is 6.99. The van der Waals surface area contributed by atoms with Gasteiger partial charge in [0.1, 0.15) is 29.5 Å². The third-order valence-electron chi connectivity index (χ3n) is 11.2. The fraction of sp³-hybridized carbons (Fsp3) is 0.295. The summed E-state index contributed by atoms with van der Waals surface area (Å²) in [5.74, 6) is 0.244.